The Morgan fingerprint density at radius 3 is 2.87 bits per heavy atom. The van der Waals surface area contributed by atoms with Crippen molar-refractivity contribution in [2.45, 2.75) is 6.61 Å². The minimum absolute atomic E-state index is 0.0452. The molecule has 1 aromatic carbocycles. The largest absolute Gasteiger partial charge is 0.375 e. The predicted octanol–water partition coefficient (Wildman–Crippen LogP) is 1.83. The second-order valence-corrected chi connectivity index (χ2v) is 3.64. The van der Waals surface area contributed by atoms with Crippen LogP contribution in [0.25, 0.3) is 0 Å². The molecule has 0 amide bonds. The van der Waals surface area contributed by atoms with E-state index in [1.165, 1.54) is 6.07 Å². The van der Waals surface area contributed by atoms with Gasteiger partial charge in [-0.2, -0.15) is 0 Å². The number of nitrogens with zero attached hydrogens (tertiary/aromatic N) is 1. The molecule has 82 valence electrons. The van der Waals surface area contributed by atoms with Gasteiger partial charge in [-0.25, -0.2) is 0 Å². The summed E-state index contributed by atoms with van der Waals surface area (Å²) in [4.78, 5) is 10.2. The first-order valence-corrected chi connectivity index (χ1v) is 5.15. The van der Waals surface area contributed by atoms with Crippen LogP contribution in [0.4, 0.5) is 5.69 Å². The Bertz CT molecular complexity index is 357. The molecule has 0 fully saturated rings. The van der Waals surface area contributed by atoms with Gasteiger partial charge >= 0.3 is 0 Å². The fraction of sp³-hybridized carbons (Fsp3) is 0.333. The lowest BCUT2D eigenvalue weighted by Gasteiger charge is -2.05. The Morgan fingerprint density at radius 2 is 2.27 bits per heavy atom. The highest BCUT2D eigenvalue weighted by atomic mass is 79.9. The molecule has 0 spiro atoms. The lowest BCUT2D eigenvalue weighted by Crippen LogP contribution is -2.08. The Morgan fingerprint density at radius 1 is 1.53 bits per heavy atom. The molecule has 5 nitrogen and oxygen atoms in total. The van der Waals surface area contributed by atoms with Crippen molar-refractivity contribution in [3.8, 4) is 0 Å². The summed E-state index contributed by atoms with van der Waals surface area (Å²) in [6.07, 6.45) is 0. The molecular formula is C9H11BrN2O3. The van der Waals surface area contributed by atoms with Crippen LogP contribution in [0, 0.1) is 10.1 Å². The van der Waals surface area contributed by atoms with Gasteiger partial charge in [0.15, 0.2) is 0 Å². The topological polar surface area (TPSA) is 78.4 Å². The molecule has 0 aromatic heterocycles. The summed E-state index contributed by atoms with van der Waals surface area (Å²) in [5.41, 5.74) is 6.06. The normalized spacial score (nSPS) is 10.3. The zero-order chi connectivity index (χ0) is 11.3. The maximum atomic E-state index is 10.6. The first-order valence-electron chi connectivity index (χ1n) is 4.36. The monoisotopic (exact) mass is 274 g/mol. The first-order chi connectivity index (χ1) is 7.16. The highest BCUT2D eigenvalue weighted by molar-refractivity contribution is 9.10. The van der Waals surface area contributed by atoms with Crippen LogP contribution in [0.5, 0.6) is 0 Å². The van der Waals surface area contributed by atoms with Crippen LogP contribution in [0.1, 0.15) is 5.56 Å². The molecule has 0 heterocycles. The standard InChI is InChI=1S/C9H11BrN2O3/c10-9-7(6-15-5-4-11)2-1-3-8(9)12(13)14/h1-3H,4-6,11H2. The lowest BCUT2D eigenvalue weighted by atomic mass is 10.2. The van der Waals surface area contributed by atoms with Crippen LogP contribution in [0.15, 0.2) is 22.7 Å². The number of nitro groups is 1. The van der Waals surface area contributed by atoms with Gasteiger partial charge < -0.3 is 10.5 Å². The van der Waals surface area contributed by atoms with Crippen LogP contribution < -0.4 is 5.73 Å². The van der Waals surface area contributed by atoms with E-state index >= 15 is 0 Å². The molecule has 0 saturated carbocycles. The van der Waals surface area contributed by atoms with E-state index in [2.05, 4.69) is 15.9 Å². The van der Waals surface area contributed by atoms with Crippen LogP contribution in [0.3, 0.4) is 0 Å². The van der Waals surface area contributed by atoms with Crippen LogP contribution in [-0.2, 0) is 11.3 Å². The number of ether oxygens (including phenoxy) is 1. The SMILES string of the molecule is NCCOCc1cccc([N+](=O)[O-])c1Br. The highest BCUT2D eigenvalue weighted by Gasteiger charge is 2.14. The van der Waals surface area contributed by atoms with Crippen molar-refractivity contribution in [2.24, 2.45) is 5.73 Å². The van der Waals surface area contributed by atoms with Gasteiger partial charge in [0.25, 0.3) is 5.69 Å². The number of hydrogen-bond donors (Lipinski definition) is 1. The van der Waals surface area contributed by atoms with Crippen molar-refractivity contribution in [2.75, 3.05) is 13.2 Å². The third kappa shape index (κ3) is 3.26. The van der Waals surface area contributed by atoms with E-state index in [0.29, 0.717) is 24.2 Å². The lowest BCUT2D eigenvalue weighted by molar-refractivity contribution is -0.385. The minimum atomic E-state index is -0.434. The summed E-state index contributed by atoms with van der Waals surface area (Å²) >= 11 is 3.18. The van der Waals surface area contributed by atoms with E-state index < -0.39 is 4.92 Å². The fourth-order valence-electron chi connectivity index (χ4n) is 1.08. The van der Waals surface area contributed by atoms with Crippen LogP contribution in [-0.4, -0.2) is 18.1 Å². The van der Waals surface area contributed by atoms with Crippen molar-refractivity contribution < 1.29 is 9.66 Å². The molecule has 6 heteroatoms. The Labute approximate surface area is 95.5 Å². The van der Waals surface area contributed by atoms with Gasteiger partial charge in [0.05, 0.1) is 18.1 Å². The van der Waals surface area contributed by atoms with Gasteiger partial charge in [-0.05, 0) is 21.5 Å². The molecule has 0 aliphatic carbocycles. The number of benzene rings is 1. The minimum Gasteiger partial charge on any atom is -0.375 e. The molecule has 15 heavy (non-hydrogen) atoms. The molecule has 1 rings (SSSR count). The molecule has 1 aromatic rings. The van der Waals surface area contributed by atoms with Crippen LogP contribution in [0.2, 0.25) is 0 Å². The van der Waals surface area contributed by atoms with E-state index in [-0.39, 0.29) is 5.69 Å². The third-order valence-corrected chi connectivity index (χ3v) is 2.69. The number of hydrogen-bond acceptors (Lipinski definition) is 4. The van der Waals surface area contributed by atoms with Gasteiger partial charge in [0.1, 0.15) is 4.47 Å². The van der Waals surface area contributed by atoms with E-state index in [4.69, 9.17) is 10.5 Å². The molecule has 0 radical (unpaired) electrons. The number of halogens is 1. The van der Waals surface area contributed by atoms with Gasteiger partial charge in [-0.3, -0.25) is 10.1 Å². The summed E-state index contributed by atoms with van der Waals surface area (Å²) in [7, 11) is 0. The maximum Gasteiger partial charge on any atom is 0.283 e. The summed E-state index contributed by atoms with van der Waals surface area (Å²) in [6, 6.07) is 4.84. The number of rotatable bonds is 5. The van der Waals surface area contributed by atoms with Crippen molar-refractivity contribution in [1.82, 2.24) is 0 Å². The molecule has 0 unspecified atom stereocenters. The summed E-state index contributed by atoms with van der Waals surface area (Å²) in [5, 5.41) is 10.6. The molecule has 0 aliphatic heterocycles. The Balaban J connectivity index is 2.80. The Kier molecular flexibility index (Phi) is 4.67. The quantitative estimate of drug-likeness (QED) is 0.505. The molecular weight excluding hydrogens is 264 g/mol. The molecule has 0 saturated heterocycles. The number of nitrogens with two attached hydrogens (primary N) is 1. The van der Waals surface area contributed by atoms with Crippen molar-refractivity contribution in [3.63, 3.8) is 0 Å². The maximum absolute atomic E-state index is 10.6. The summed E-state index contributed by atoms with van der Waals surface area (Å²) in [5.74, 6) is 0. The molecule has 0 atom stereocenters. The number of nitro benzene ring substituents is 1. The van der Waals surface area contributed by atoms with E-state index in [1.807, 2.05) is 0 Å². The first kappa shape index (κ1) is 12.1. The van der Waals surface area contributed by atoms with Crippen molar-refractivity contribution in [1.29, 1.82) is 0 Å². The average molecular weight is 275 g/mol. The average Bonchev–Trinajstić information content (AvgIpc) is 2.20. The van der Waals surface area contributed by atoms with Gasteiger partial charge in [0, 0.05) is 12.6 Å². The fourth-order valence-corrected chi connectivity index (χ4v) is 1.61. The van der Waals surface area contributed by atoms with Gasteiger partial charge in [-0.1, -0.05) is 12.1 Å². The molecule has 0 bridgehead atoms. The summed E-state index contributed by atoms with van der Waals surface area (Å²) in [6.45, 7) is 1.20. The molecule has 2 N–H and O–H groups in total. The second kappa shape index (κ2) is 5.79. The third-order valence-electron chi connectivity index (χ3n) is 1.77. The highest BCUT2D eigenvalue weighted by Crippen LogP contribution is 2.28. The zero-order valence-electron chi connectivity index (χ0n) is 7.98. The van der Waals surface area contributed by atoms with Gasteiger partial charge in [-0.15, -0.1) is 0 Å². The smallest absolute Gasteiger partial charge is 0.283 e. The Hall–Kier alpha value is -0.980. The zero-order valence-corrected chi connectivity index (χ0v) is 9.57. The van der Waals surface area contributed by atoms with Crippen LogP contribution >= 0.6 is 15.9 Å². The summed E-state index contributed by atoms with van der Waals surface area (Å²) < 4.78 is 5.67. The van der Waals surface area contributed by atoms with Crippen molar-refractivity contribution >= 4 is 21.6 Å². The molecule has 0 aliphatic rings. The predicted molar refractivity (Wildman–Crippen MR) is 59.5 cm³/mol. The van der Waals surface area contributed by atoms with E-state index in [1.54, 1.807) is 12.1 Å². The second-order valence-electron chi connectivity index (χ2n) is 2.85. The van der Waals surface area contributed by atoms with E-state index in [0.717, 1.165) is 5.56 Å². The van der Waals surface area contributed by atoms with E-state index in [9.17, 15) is 10.1 Å². The van der Waals surface area contributed by atoms with Gasteiger partial charge in [0.2, 0.25) is 0 Å². The van der Waals surface area contributed by atoms with Crippen molar-refractivity contribution in [3.05, 3.63) is 38.3 Å².